The smallest absolute Gasteiger partial charge is 0.268 e. The molecule has 0 aliphatic carbocycles. The lowest BCUT2D eigenvalue weighted by Crippen LogP contribution is -2.15. The first kappa shape index (κ1) is 13.7. The standard InChI is InChI=1S/C18H12N2O2/c21-12-15(13-6-2-1-3-7-13)18(22)20-17-11-10-14-8-4-5-9-16(14)19-17/h1-11H,(H,19,20,22). The summed E-state index contributed by atoms with van der Waals surface area (Å²) >= 11 is 0. The maximum absolute atomic E-state index is 12.2. The van der Waals surface area contributed by atoms with E-state index in [4.69, 9.17) is 0 Å². The van der Waals surface area contributed by atoms with Crippen LogP contribution in [0.5, 0.6) is 0 Å². The fraction of sp³-hybridized carbons (Fsp3) is 0. The van der Waals surface area contributed by atoms with Gasteiger partial charge in [-0.2, -0.15) is 0 Å². The topological polar surface area (TPSA) is 59.1 Å². The van der Waals surface area contributed by atoms with E-state index in [2.05, 4.69) is 10.3 Å². The molecule has 2 aromatic carbocycles. The van der Waals surface area contributed by atoms with Crippen molar-refractivity contribution in [2.24, 2.45) is 0 Å². The van der Waals surface area contributed by atoms with Gasteiger partial charge in [0.15, 0.2) is 0 Å². The van der Waals surface area contributed by atoms with Gasteiger partial charge in [0.1, 0.15) is 17.3 Å². The van der Waals surface area contributed by atoms with E-state index in [-0.39, 0.29) is 5.57 Å². The van der Waals surface area contributed by atoms with Crippen LogP contribution >= 0.6 is 0 Å². The molecule has 0 saturated heterocycles. The zero-order valence-electron chi connectivity index (χ0n) is 11.6. The number of pyridine rings is 1. The molecule has 0 saturated carbocycles. The van der Waals surface area contributed by atoms with Crippen molar-refractivity contribution in [2.45, 2.75) is 0 Å². The molecule has 0 spiro atoms. The Hall–Kier alpha value is -3.23. The average Bonchev–Trinajstić information content (AvgIpc) is 2.56. The van der Waals surface area contributed by atoms with Crippen LogP contribution in [0.3, 0.4) is 0 Å². The Bertz CT molecular complexity index is 882. The van der Waals surface area contributed by atoms with Crippen LogP contribution in [0.2, 0.25) is 0 Å². The van der Waals surface area contributed by atoms with Crippen molar-refractivity contribution in [2.75, 3.05) is 5.32 Å². The predicted molar refractivity (Wildman–Crippen MR) is 85.9 cm³/mol. The van der Waals surface area contributed by atoms with E-state index in [1.807, 2.05) is 36.4 Å². The van der Waals surface area contributed by atoms with Crippen molar-refractivity contribution in [3.8, 4) is 0 Å². The molecule has 3 rings (SSSR count). The number of carbonyl (C=O) groups excluding carboxylic acids is 2. The van der Waals surface area contributed by atoms with Gasteiger partial charge in [-0.05, 0) is 23.8 Å². The van der Waals surface area contributed by atoms with Gasteiger partial charge in [-0.15, -0.1) is 0 Å². The highest BCUT2D eigenvalue weighted by Crippen LogP contribution is 2.17. The van der Waals surface area contributed by atoms with Gasteiger partial charge in [-0.3, -0.25) is 4.79 Å². The van der Waals surface area contributed by atoms with Gasteiger partial charge >= 0.3 is 0 Å². The number of nitrogens with one attached hydrogen (secondary N) is 1. The number of para-hydroxylation sites is 1. The second-order valence-electron chi connectivity index (χ2n) is 4.69. The molecule has 106 valence electrons. The number of amides is 1. The molecule has 1 amide bonds. The first-order valence-corrected chi connectivity index (χ1v) is 6.75. The summed E-state index contributed by atoms with van der Waals surface area (Å²) in [6, 6.07) is 19.9. The van der Waals surface area contributed by atoms with E-state index in [1.165, 1.54) is 0 Å². The third kappa shape index (κ3) is 2.77. The van der Waals surface area contributed by atoms with E-state index in [9.17, 15) is 9.59 Å². The molecular weight excluding hydrogens is 276 g/mol. The average molecular weight is 288 g/mol. The Morgan fingerprint density at radius 3 is 2.41 bits per heavy atom. The minimum atomic E-state index is -0.524. The minimum absolute atomic E-state index is 0.0458. The summed E-state index contributed by atoms with van der Waals surface area (Å²) in [4.78, 5) is 27.7. The summed E-state index contributed by atoms with van der Waals surface area (Å²) < 4.78 is 0. The molecule has 1 heterocycles. The molecule has 4 heteroatoms. The van der Waals surface area contributed by atoms with Crippen LogP contribution < -0.4 is 5.32 Å². The van der Waals surface area contributed by atoms with Crippen LogP contribution in [0.1, 0.15) is 5.56 Å². The lowest BCUT2D eigenvalue weighted by atomic mass is 10.1. The van der Waals surface area contributed by atoms with Crippen molar-refractivity contribution in [1.82, 2.24) is 4.98 Å². The number of nitrogens with zero attached hydrogens (tertiary/aromatic N) is 1. The summed E-state index contributed by atoms with van der Waals surface area (Å²) in [5.74, 6) is 1.57. The van der Waals surface area contributed by atoms with Crippen molar-refractivity contribution in [3.05, 3.63) is 72.3 Å². The third-order valence-corrected chi connectivity index (χ3v) is 3.23. The van der Waals surface area contributed by atoms with E-state index in [0.717, 1.165) is 10.9 Å². The third-order valence-electron chi connectivity index (χ3n) is 3.23. The van der Waals surface area contributed by atoms with Crippen molar-refractivity contribution in [3.63, 3.8) is 0 Å². The van der Waals surface area contributed by atoms with Gasteiger partial charge in [-0.25, -0.2) is 9.78 Å². The molecule has 3 aromatic rings. The molecule has 0 atom stereocenters. The van der Waals surface area contributed by atoms with Gasteiger partial charge in [0.25, 0.3) is 5.91 Å². The fourth-order valence-corrected chi connectivity index (χ4v) is 2.16. The van der Waals surface area contributed by atoms with Gasteiger partial charge in [0.2, 0.25) is 0 Å². The van der Waals surface area contributed by atoms with Gasteiger partial charge in [-0.1, -0.05) is 48.5 Å². The predicted octanol–water partition coefficient (Wildman–Crippen LogP) is 3.09. The number of rotatable bonds is 3. The van der Waals surface area contributed by atoms with Crippen LogP contribution in [-0.4, -0.2) is 16.8 Å². The van der Waals surface area contributed by atoms with Crippen LogP contribution in [0.25, 0.3) is 16.5 Å². The van der Waals surface area contributed by atoms with E-state index < -0.39 is 5.91 Å². The van der Waals surface area contributed by atoms with Crippen molar-refractivity contribution >= 4 is 34.1 Å². The molecule has 0 fully saturated rings. The maximum atomic E-state index is 12.2. The summed E-state index contributed by atoms with van der Waals surface area (Å²) in [6.45, 7) is 0. The molecular formula is C18H12N2O2. The quantitative estimate of drug-likeness (QED) is 0.595. The Balaban J connectivity index is 1.87. The molecule has 0 unspecified atom stereocenters. The lowest BCUT2D eigenvalue weighted by molar-refractivity contribution is -0.111. The minimum Gasteiger partial charge on any atom is -0.306 e. The molecule has 1 N–H and O–H groups in total. The second-order valence-corrected chi connectivity index (χ2v) is 4.69. The molecule has 0 bridgehead atoms. The van der Waals surface area contributed by atoms with E-state index in [0.29, 0.717) is 11.4 Å². The fourth-order valence-electron chi connectivity index (χ4n) is 2.16. The number of benzene rings is 2. The van der Waals surface area contributed by atoms with E-state index >= 15 is 0 Å². The molecule has 1 aromatic heterocycles. The number of hydrogen-bond acceptors (Lipinski definition) is 3. The molecule has 4 nitrogen and oxygen atoms in total. The van der Waals surface area contributed by atoms with Gasteiger partial charge < -0.3 is 5.32 Å². The Morgan fingerprint density at radius 1 is 0.909 bits per heavy atom. The van der Waals surface area contributed by atoms with Crippen LogP contribution in [0.15, 0.2) is 66.7 Å². The Morgan fingerprint density at radius 2 is 1.64 bits per heavy atom. The van der Waals surface area contributed by atoms with Crippen molar-refractivity contribution in [1.29, 1.82) is 0 Å². The number of fused-ring (bicyclic) bond motifs is 1. The normalized spacial score (nSPS) is 10.0. The van der Waals surface area contributed by atoms with Gasteiger partial charge in [0.05, 0.1) is 5.52 Å². The highest BCUT2D eigenvalue weighted by molar-refractivity contribution is 6.31. The van der Waals surface area contributed by atoms with Crippen LogP contribution in [0, 0.1) is 0 Å². The van der Waals surface area contributed by atoms with Crippen LogP contribution in [-0.2, 0) is 9.59 Å². The molecule has 22 heavy (non-hydrogen) atoms. The Kier molecular flexibility index (Phi) is 3.77. The maximum Gasteiger partial charge on any atom is 0.268 e. The number of aromatic nitrogens is 1. The van der Waals surface area contributed by atoms with E-state index in [1.54, 1.807) is 36.3 Å². The number of anilines is 1. The summed E-state index contributed by atoms with van der Waals surface area (Å²) in [5.41, 5.74) is 1.25. The first-order valence-electron chi connectivity index (χ1n) is 6.75. The SMILES string of the molecule is O=C=C(C(=O)Nc1ccc2ccccc2n1)c1ccccc1. The van der Waals surface area contributed by atoms with Gasteiger partial charge in [0, 0.05) is 5.39 Å². The molecule has 0 radical (unpaired) electrons. The monoisotopic (exact) mass is 288 g/mol. The first-order chi connectivity index (χ1) is 10.8. The number of hydrogen-bond donors (Lipinski definition) is 1. The molecule has 0 aliphatic rings. The largest absolute Gasteiger partial charge is 0.306 e. The highest BCUT2D eigenvalue weighted by atomic mass is 16.2. The van der Waals surface area contributed by atoms with Crippen molar-refractivity contribution < 1.29 is 9.59 Å². The zero-order valence-corrected chi connectivity index (χ0v) is 11.6. The summed E-state index contributed by atoms with van der Waals surface area (Å²) in [5, 5.41) is 3.62. The second kappa shape index (κ2) is 6.04. The molecule has 0 aliphatic heterocycles. The Labute approximate surface area is 127 Å². The summed E-state index contributed by atoms with van der Waals surface area (Å²) in [6.07, 6.45) is 0. The number of carbonyl (C=O) groups is 1. The zero-order chi connectivity index (χ0) is 15.4. The highest BCUT2D eigenvalue weighted by Gasteiger charge is 2.14. The summed E-state index contributed by atoms with van der Waals surface area (Å²) in [7, 11) is 0. The van der Waals surface area contributed by atoms with Crippen LogP contribution in [0.4, 0.5) is 5.82 Å². The lowest BCUT2D eigenvalue weighted by Gasteiger charge is -2.06.